The van der Waals surface area contributed by atoms with E-state index in [1.54, 1.807) is 48.5 Å². The number of phenolic OH excluding ortho intramolecular Hbond substituents is 2. The first-order chi connectivity index (χ1) is 12.4. The molecule has 26 heavy (non-hydrogen) atoms. The summed E-state index contributed by atoms with van der Waals surface area (Å²) in [5.74, 6) is 1.93. The minimum Gasteiger partial charge on any atom is -0.508 e. The molecule has 0 bridgehead atoms. The number of hydrogen-bond acceptors (Lipinski definition) is 2. The van der Waals surface area contributed by atoms with E-state index in [1.165, 1.54) is 11.1 Å². The number of benzene rings is 3. The molecule has 0 aliphatic heterocycles. The maximum absolute atomic E-state index is 8.63. The summed E-state index contributed by atoms with van der Waals surface area (Å²) in [5.41, 5.74) is 2.99. The van der Waals surface area contributed by atoms with Gasteiger partial charge in [-0.15, -0.1) is 0 Å². The zero-order valence-corrected chi connectivity index (χ0v) is 16.1. The molecule has 0 radical (unpaired) electrons. The summed E-state index contributed by atoms with van der Waals surface area (Å²) in [6, 6.07) is 26.2. The van der Waals surface area contributed by atoms with Crippen LogP contribution in [0.25, 0.3) is 0 Å². The maximum Gasteiger partial charge on any atom is 0.115 e. The second kappa shape index (κ2) is 11.8. The minimum atomic E-state index is 0.322. The molecule has 3 rings (SSSR count). The first-order valence-corrected chi connectivity index (χ1v) is 8.98. The third-order valence-electron chi connectivity index (χ3n) is 3.75. The van der Waals surface area contributed by atoms with Gasteiger partial charge in [0.05, 0.1) is 0 Å². The summed E-state index contributed by atoms with van der Waals surface area (Å²) in [5, 5.41) is 17.3. The normalized spacial score (nSPS) is 9.77. The summed E-state index contributed by atoms with van der Waals surface area (Å²) in [6.45, 7) is 9.00. The van der Waals surface area contributed by atoms with Gasteiger partial charge in [-0.3, -0.25) is 0 Å². The standard InChI is InChI=1S/C12H18.2C6H6O/c1-9(2)11-7-5-6-8-12(11)10(3)4;2*7-6-4-2-1-3-5-6/h5-10H,1-4H3;2*1-5,7H. The number of rotatable bonds is 2. The largest absolute Gasteiger partial charge is 0.508 e. The highest BCUT2D eigenvalue weighted by atomic mass is 16.3. The molecule has 0 aliphatic carbocycles. The molecule has 0 fully saturated rings. The molecule has 0 atom stereocenters. The Morgan fingerprint density at radius 3 is 0.923 bits per heavy atom. The first kappa shape index (κ1) is 21.3. The molecule has 0 saturated heterocycles. The fourth-order valence-corrected chi connectivity index (χ4v) is 2.42. The van der Waals surface area contributed by atoms with Crippen LogP contribution in [0.5, 0.6) is 11.5 Å². The lowest BCUT2D eigenvalue weighted by Crippen LogP contribution is -1.97. The Labute approximate surface area is 157 Å². The number of hydrogen-bond donors (Lipinski definition) is 2. The van der Waals surface area contributed by atoms with Crippen molar-refractivity contribution < 1.29 is 10.2 Å². The van der Waals surface area contributed by atoms with Crippen LogP contribution in [-0.2, 0) is 0 Å². The predicted molar refractivity (Wildman–Crippen MR) is 111 cm³/mol. The van der Waals surface area contributed by atoms with Crippen molar-refractivity contribution in [1.29, 1.82) is 0 Å². The van der Waals surface area contributed by atoms with E-state index in [1.807, 2.05) is 12.1 Å². The van der Waals surface area contributed by atoms with Crippen LogP contribution in [0, 0.1) is 0 Å². The molecule has 0 saturated carbocycles. The van der Waals surface area contributed by atoms with Crippen molar-refractivity contribution in [2.24, 2.45) is 0 Å². The van der Waals surface area contributed by atoms with Gasteiger partial charge in [0.15, 0.2) is 0 Å². The second-order valence-corrected chi connectivity index (χ2v) is 6.61. The highest BCUT2D eigenvalue weighted by Gasteiger charge is 2.07. The van der Waals surface area contributed by atoms with Gasteiger partial charge in [-0.25, -0.2) is 0 Å². The molecule has 3 aromatic rings. The van der Waals surface area contributed by atoms with Crippen molar-refractivity contribution in [2.75, 3.05) is 0 Å². The molecule has 0 aliphatic rings. The van der Waals surface area contributed by atoms with Crippen LogP contribution in [0.1, 0.15) is 50.7 Å². The van der Waals surface area contributed by atoms with Gasteiger partial charge in [-0.1, -0.05) is 88.4 Å². The van der Waals surface area contributed by atoms with Gasteiger partial charge in [0.1, 0.15) is 11.5 Å². The molecular formula is C24H30O2. The summed E-state index contributed by atoms with van der Waals surface area (Å²) in [7, 11) is 0. The second-order valence-electron chi connectivity index (χ2n) is 6.61. The molecule has 2 nitrogen and oxygen atoms in total. The van der Waals surface area contributed by atoms with Crippen LogP contribution in [0.2, 0.25) is 0 Å². The Kier molecular flexibility index (Phi) is 9.63. The lowest BCUT2D eigenvalue weighted by Gasteiger charge is -2.14. The van der Waals surface area contributed by atoms with E-state index in [4.69, 9.17) is 10.2 Å². The van der Waals surface area contributed by atoms with Gasteiger partial charge < -0.3 is 10.2 Å². The first-order valence-electron chi connectivity index (χ1n) is 8.98. The Hall–Kier alpha value is -2.74. The third kappa shape index (κ3) is 8.39. The van der Waals surface area contributed by atoms with Crippen LogP contribution >= 0.6 is 0 Å². The maximum atomic E-state index is 8.63. The molecule has 0 heterocycles. The minimum absolute atomic E-state index is 0.322. The highest BCUT2D eigenvalue weighted by Crippen LogP contribution is 2.25. The summed E-state index contributed by atoms with van der Waals surface area (Å²) in [6.07, 6.45) is 0. The van der Waals surface area contributed by atoms with Gasteiger partial charge in [0.25, 0.3) is 0 Å². The fourth-order valence-electron chi connectivity index (χ4n) is 2.42. The van der Waals surface area contributed by atoms with Crippen molar-refractivity contribution in [3.8, 4) is 11.5 Å². The van der Waals surface area contributed by atoms with Crippen LogP contribution in [0.4, 0.5) is 0 Å². The molecule has 138 valence electrons. The Bertz CT molecular complexity index is 655. The van der Waals surface area contributed by atoms with Gasteiger partial charge in [0, 0.05) is 0 Å². The molecule has 0 spiro atoms. The average molecular weight is 351 g/mol. The third-order valence-corrected chi connectivity index (χ3v) is 3.75. The molecule has 0 unspecified atom stereocenters. The van der Waals surface area contributed by atoms with E-state index in [9.17, 15) is 0 Å². The van der Waals surface area contributed by atoms with E-state index in [2.05, 4.69) is 52.0 Å². The predicted octanol–water partition coefficient (Wildman–Crippen LogP) is 6.72. The zero-order chi connectivity index (χ0) is 19.4. The Morgan fingerprint density at radius 2 is 0.731 bits per heavy atom. The molecule has 0 aromatic heterocycles. The number of aromatic hydroxyl groups is 2. The van der Waals surface area contributed by atoms with Gasteiger partial charge in [0.2, 0.25) is 0 Å². The van der Waals surface area contributed by atoms with E-state index in [-0.39, 0.29) is 0 Å². The molecule has 2 heteroatoms. The van der Waals surface area contributed by atoms with Crippen molar-refractivity contribution in [1.82, 2.24) is 0 Å². The highest BCUT2D eigenvalue weighted by molar-refractivity contribution is 5.31. The molecule has 2 N–H and O–H groups in total. The van der Waals surface area contributed by atoms with Crippen LogP contribution in [-0.4, -0.2) is 10.2 Å². The van der Waals surface area contributed by atoms with E-state index >= 15 is 0 Å². The SMILES string of the molecule is CC(C)c1ccccc1C(C)C.Oc1ccccc1.Oc1ccccc1. The van der Waals surface area contributed by atoms with Crippen molar-refractivity contribution >= 4 is 0 Å². The molecule has 0 amide bonds. The van der Waals surface area contributed by atoms with Gasteiger partial charge >= 0.3 is 0 Å². The van der Waals surface area contributed by atoms with Crippen molar-refractivity contribution in [2.45, 2.75) is 39.5 Å². The van der Waals surface area contributed by atoms with E-state index in [0.29, 0.717) is 23.3 Å². The Balaban J connectivity index is 0.000000207. The number of phenols is 2. The van der Waals surface area contributed by atoms with Crippen LogP contribution in [0.15, 0.2) is 84.9 Å². The van der Waals surface area contributed by atoms with Crippen molar-refractivity contribution in [3.63, 3.8) is 0 Å². The average Bonchev–Trinajstić information content (AvgIpc) is 2.64. The lowest BCUT2D eigenvalue weighted by atomic mass is 9.91. The van der Waals surface area contributed by atoms with E-state index < -0.39 is 0 Å². The smallest absolute Gasteiger partial charge is 0.115 e. The molecule has 3 aromatic carbocycles. The fraction of sp³-hybridized carbons (Fsp3) is 0.250. The summed E-state index contributed by atoms with van der Waals surface area (Å²) >= 11 is 0. The topological polar surface area (TPSA) is 40.5 Å². The number of para-hydroxylation sites is 2. The quantitative estimate of drug-likeness (QED) is 0.538. The molecular weight excluding hydrogens is 320 g/mol. The monoisotopic (exact) mass is 350 g/mol. The van der Waals surface area contributed by atoms with Crippen LogP contribution < -0.4 is 0 Å². The summed E-state index contributed by atoms with van der Waals surface area (Å²) < 4.78 is 0. The van der Waals surface area contributed by atoms with Crippen LogP contribution in [0.3, 0.4) is 0 Å². The van der Waals surface area contributed by atoms with Gasteiger partial charge in [-0.05, 0) is 47.2 Å². The summed E-state index contributed by atoms with van der Waals surface area (Å²) in [4.78, 5) is 0. The lowest BCUT2D eigenvalue weighted by molar-refractivity contribution is 0.475. The van der Waals surface area contributed by atoms with Gasteiger partial charge in [-0.2, -0.15) is 0 Å². The zero-order valence-electron chi connectivity index (χ0n) is 16.1. The van der Waals surface area contributed by atoms with Crippen molar-refractivity contribution in [3.05, 3.63) is 96.1 Å². The Morgan fingerprint density at radius 1 is 0.462 bits per heavy atom. The van der Waals surface area contributed by atoms with E-state index in [0.717, 1.165) is 0 Å².